The average Bonchev–Trinajstić information content (AvgIpc) is 2.83. The molecule has 6 nitrogen and oxygen atoms in total. The van der Waals surface area contributed by atoms with E-state index in [0.717, 1.165) is 0 Å². The predicted molar refractivity (Wildman–Crippen MR) is 69.4 cm³/mol. The Morgan fingerprint density at radius 3 is 2.37 bits per heavy atom. The van der Waals surface area contributed by atoms with E-state index in [2.05, 4.69) is 26.8 Å². The fourth-order valence-corrected chi connectivity index (χ4v) is 1.65. The van der Waals surface area contributed by atoms with Crippen LogP contribution in [0, 0.1) is 0 Å². The van der Waals surface area contributed by atoms with Crippen LogP contribution >= 0.6 is 15.9 Å². The van der Waals surface area contributed by atoms with Crippen molar-refractivity contribution in [3.05, 3.63) is 52.4 Å². The molecule has 0 radical (unpaired) electrons. The highest BCUT2D eigenvalue weighted by Crippen LogP contribution is 2.15. The SMILES string of the molecule is O=C(NNC(=O)c1ccccc1O)c1ccc(Br)o1. The fraction of sp³-hybridized carbons (Fsp3) is 0. The molecule has 0 atom stereocenters. The topological polar surface area (TPSA) is 91.6 Å². The predicted octanol–water partition coefficient (Wildman–Crippen LogP) is 1.82. The number of carbonyl (C=O) groups excluding carboxylic acids is 2. The van der Waals surface area contributed by atoms with Crippen LogP contribution in [0.2, 0.25) is 0 Å². The molecule has 98 valence electrons. The van der Waals surface area contributed by atoms with Crippen molar-refractivity contribution in [2.75, 3.05) is 0 Å². The molecule has 7 heteroatoms. The third-order valence-corrected chi connectivity index (χ3v) is 2.66. The molecule has 1 heterocycles. The zero-order valence-corrected chi connectivity index (χ0v) is 11.1. The minimum atomic E-state index is -0.628. The number of phenolic OH excluding ortho intramolecular Hbond substituents is 1. The second-order valence-corrected chi connectivity index (χ2v) is 4.31. The second kappa shape index (κ2) is 5.57. The Labute approximate surface area is 116 Å². The van der Waals surface area contributed by atoms with Gasteiger partial charge in [-0.1, -0.05) is 12.1 Å². The van der Waals surface area contributed by atoms with Gasteiger partial charge in [-0.25, -0.2) is 0 Å². The summed E-state index contributed by atoms with van der Waals surface area (Å²) in [5, 5.41) is 9.47. The smallest absolute Gasteiger partial charge is 0.305 e. The molecule has 19 heavy (non-hydrogen) atoms. The van der Waals surface area contributed by atoms with Crippen molar-refractivity contribution in [1.29, 1.82) is 0 Å². The van der Waals surface area contributed by atoms with E-state index < -0.39 is 11.8 Å². The zero-order chi connectivity index (χ0) is 13.8. The van der Waals surface area contributed by atoms with E-state index >= 15 is 0 Å². The van der Waals surface area contributed by atoms with Crippen LogP contribution in [0.15, 0.2) is 45.5 Å². The minimum absolute atomic E-state index is 0.0458. The molecule has 0 aliphatic rings. The van der Waals surface area contributed by atoms with Crippen LogP contribution in [0.5, 0.6) is 5.75 Å². The first-order valence-corrected chi connectivity index (χ1v) is 6.01. The molecule has 2 rings (SSSR count). The monoisotopic (exact) mass is 324 g/mol. The maximum Gasteiger partial charge on any atom is 0.305 e. The highest BCUT2D eigenvalue weighted by Gasteiger charge is 2.14. The number of halogens is 1. The van der Waals surface area contributed by atoms with Crippen LogP contribution in [-0.4, -0.2) is 16.9 Å². The molecule has 0 saturated heterocycles. The fourth-order valence-electron chi connectivity index (χ4n) is 1.34. The van der Waals surface area contributed by atoms with Crippen LogP contribution in [-0.2, 0) is 0 Å². The van der Waals surface area contributed by atoms with E-state index in [0.29, 0.717) is 4.67 Å². The van der Waals surface area contributed by atoms with Crippen LogP contribution < -0.4 is 10.9 Å². The van der Waals surface area contributed by atoms with Gasteiger partial charge in [-0.15, -0.1) is 0 Å². The molecule has 0 unspecified atom stereocenters. The second-order valence-electron chi connectivity index (χ2n) is 3.53. The van der Waals surface area contributed by atoms with Crippen molar-refractivity contribution < 1.29 is 19.1 Å². The van der Waals surface area contributed by atoms with Gasteiger partial charge in [0.1, 0.15) is 5.75 Å². The molecule has 2 aromatic rings. The molecular formula is C12H9BrN2O4. The lowest BCUT2D eigenvalue weighted by atomic mass is 10.2. The van der Waals surface area contributed by atoms with Gasteiger partial charge in [0.15, 0.2) is 10.4 Å². The normalized spacial score (nSPS) is 9.95. The van der Waals surface area contributed by atoms with Gasteiger partial charge in [0.2, 0.25) is 0 Å². The number of hydrogen-bond acceptors (Lipinski definition) is 4. The number of carbonyl (C=O) groups is 2. The lowest BCUT2D eigenvalue weighted by Gasteiger charge is -2.06. The van der Waals surface area contributed by atoms with Gasteiger partial charge in [-0.2, -0.15) is 0 Å². The maximum absolute atomic E-state index is 11.7. The minimum Gasteiger partial charge on any atom is -0.507 e. The number of nitrogens with one attached hydrogen (secondary N) is 2. The lowest BCUT2D eigenvalue weighted by Crippen LogP contribution is -2.41. The number of furan rings is 1. The molecule has 1 aromatic heterocycles. The van der Waals surface area contributed by atoms with E-state index in [1.165, 1.54) is 18.2 Å². The lowest BCUT2D eigenvalue weighted by molar-refractivity contribution is 0.0828. The number of benzene rings is 1. The molecule has 0 saturated carbocycles. The number of phenols is 1. The third-order valence-electron chi connectivity index (χ3n) is 2.24. The van der Waals surface area contributed by atoms with Gasteiger partial charge in [0.25, 0.3) is 5.91 Å². The van der Waals surface area contributed by atoms with Gasteiger partial charge in [0, 0.05) is 0 Å². The Kier molecular flexibility index (Phi) is 3.86. The Balaban J connectivity index is 1.98. The summed E-state index contributed by atoms with van der Waals surface area (Å²) in [5.74, 6) is -1.36. The van der Waals surface area contributed by atoms with Crippen LogP contribution in [0.1, 0.15) is 20.9 Å². The molecule has 0 aliphatic carbocycles. The number of hydrogen-bond donors (Lipinski definition) is 3. The first-order valence-electron chi connectivity index (χ1n) is 5.22. The largest absolute Gasteiger partial charge is 0.507 e. The van der Waals surface area contributed by atoms with Crippen LogP contribution in [0.4, 0.5) is 0 Å². The zero-order valence-electron chi connectivity index (χ0n) is 9.51. The van der Waals surface area contributed by atoms with Crippen molar-refractivity contribution in [1.82, 2.24) is 10.9 Å². The summed E-state index contributed by atoms with van der Waals surface area (Å²) in [6.07, 6.45) is 0. The highest BCUT2D eigenvalue weighted by atomic mass is 79.9. The van der Waals surface area contributed by atoms with Crippen molar-refractivity contribution in [3.8, 4) is 5.75 Å². The quantitative estimate of drug-likeness (QED) is 0.735. The summed E-state index contributed by atoms with van der Waals surface area (Å²) in [7, 11) is 0. The molecule has 0 spiro atoms. The molecule has 2 amide bonds. The third kappa shape index (κ3) is 3.14. The molecule has 1 aromatic carbocycles. The molecule has 0 aliphatic heterocycles. The average molecular weight is 325 g/mol. The summed E-state index contributed by atoms with van der Waals surface area (Å²) in [6, 6.07) is 9.00. The molecule has 0 bridgehead atoms. The van der Waals surface area contributed by atoms with E-state index in [9.17, 15) is 14.7 Å². The summed E-state index contributed by atoms with van der Waals surface area (Å²) in [4.78, 5) is 23.3. The summed E-state index contributed by atoms with van der Waals surface area (Å²) < 4.78 is 5.42. The molecule has 3 N–H and O–H groups in total. The number of rotatable bonds is 2. The van der Waals surface area contributed by atoms with Crippen LogP contribution in [0.3, 0.4) is 0 Å². The number of amides is 2. The summed E-state index contributed by atoms with van der Waals surface area (Å²) in [5.41, 5.74) is 4.41. The number of aromatic hydroxyl groups is 1. The number of hydrazine groups is 1. The Hall–Kier alpha value is -2.28. The Bertz CT molecular complexity index is 624. The highest BCUT2D eigenvalue weighted by molar-refractivity contribution is 9.10. The summed E-state index contributed by atoms with van der Waals surface area (Å²) >= 11 is 3.06. The van der Waals surface area contributed by atoms with Crippen molar-refractivity contribution >= 4 is 27.7 Å². The Morgan fingerprint density at radius 1 is 1.05 bits per heavy atom. The Morgan fingerprint density at radius 2 is 1.74 bits per heavy atom. The first-order chi connectivity index (χ1) is 9.08. The molecular weight excluding hydrogens is 316 g/mol. The van der Waals surface area contributed by atoms with Gasteiger partial charge in [-0.3, -0.25) is 20.4 Å². The first kappa shape index (κ1) is 13.2. The van der Waals surface area contributed by atoms with E-state index in [1.54, 1.807) is 18.2 Å². The van der Waals surface area contributed by atoms with Crippen molar-refractivity contribution in [2.24, 2.45) is 0 Å². The van der Waals surface area contributed by atoms with E-state index in [4.69, 9.17) is 4.42 Å². The van der Waals surface area contributed by atoms with Gasteiger partial charge in [0.05, 0.1) is 5.56 Å². The number of para-hydroxylation sites is 1. The van der Waals surface area contributed by atoms with E-state index in [-0.39, 0.29) is 17.1 Å². The standard InChI is InChI=1S/C12H9BrN2O4/c13-10-6-5-9(19-10)12(18)15-14-11(17)7-3-1-2-4-8(7)16/h1-6,16H,(H,14,17)(H,15,18). The van der Waals surface area contributed by atoms with Crippen molar-refractivity contribution in [2.45, 2.75) is 0 Å². The van der Waals surface area contributed by atoms with Crippen LogP contribution in [0.25, 0.3) is 0 Å². The van der Waals surface area contributed by atoms with Gasteiger partial charge < -0.3 is 9.52 Å². The maximum atomic E-state index is 11.7. The van der Waals surface area contributed by atoms with E-state index in [1.807, 2.05) is 0 Å². The van der Waals surface area contributed by atoms with Gasteiger partial charge >= 0.3 is 5.91 Å². The molecule has 0 fully saturated rings. The van der Waals surface area contributed by atoms with Gasteiger partial charge in [-0.05, 0) is 40.2 Å². The van der Waals surface area contributed by atoms with Crippen molar-refractivity contribution in [3.63, 3.8) is 0 Å². The summed E-state index contributed by atoms with van der Waals surface area (Å²) in [6.45, 7) is 0.